The van der Waals surface area contributed by atoms with E-state index < -0.39 is 0 Å². The summed E-state index contributed by atoms with van der Waals surface area (Å²) in [6, 6.07) is 18.0. The topological polar surface area (TPSA) is 81.5 Å². The Morgan fingerprint density at radius 2 is 1.85 bits per heavy atom. The SMILES string of the molecule is COc1ccc(C(NC(=O)CSc2nnc(N3CCOCC3)n2-c2ccccc2)C2CC2)cc1. The third-order valence-electron chi connectivity index (χ3n) is 6.14. The summed E-state index contributed by atoms with van der Waals surface area (Å²) in [4.78, 5) is 15.2. The van der Waals surface area contributed by atoms with Gasteiger partial charge in [-0.1, -0.05) is 42.1 Å². The summed E-state index contributed by atoms with van der Waals surface area (Å²) < 4.78 is 12.8. The molecule has 8 nitrogen and oxygen atoms in total. The number of hydrogen-bond donors (Lipinski definition) is 1. The lowest BCUT2D eigenvalue weighted by atomic mass is 10.0. The molecule has 178 valence electrons. The summed E-state index contributed by atoms with van der Waals surface area (Å²) in [6.07, 6.45) is 2.27. The Kier molecular flexibility index (Phi) is 7.01. The van der Waals surface area contributed by atoms with Gasteiger partial charge in [0.2, 0.25) is 11.9 Å². The number of rotatable bonds is 9. The first kappa shape index (κ1) is 22.7. The molecule has 3 aromatic rings. The van der Waals surface area contributed by atoms with Crippen LogP contribution in [0.1, 0.15) is 24.4 Å². The number of nitrogens with one attached hydrogen (secondary N) is 1. The number of methoxy groups -OCH3 is 1. The zero-order valence-corrected chi connectivity index (χ0v) is 20.0. The Bertz CT molecular complexity index is 1100. The quantitative estimate of drug-likeness (QED) is 0.471. The number of aromatic nitrogens is 3. The molecular formula is C25H29N5O3S. The number of nitrogens with zero attached hydrogens (tertiary/aromatic N) is 4. The van der Waals surface area contributed by atoms with Gasteiger partial charge in [0, 0.05) is 13.1 Å². The minimum atomic E-state index is -0.00625. The van der Waals surface area contributed by atoms with Crippen LogP contribution in [0, 0.1) is 5.92 Å². The summed E-state index contributed by atoms with van der Waals surface area (Å²) in [5, 5.41) is 12.9. The van der Waals surface area contributed by atoms with E-state index in [1.165, 1.54) is 11.8 Å². The predicted octanol–water partition coefficient (Wildman–Crippen LogP) is 3.47. The monoisotopic (exact) mass is 479 g/mol. The fourth-order valence-corrected chi connectivity index (χ4v) is 4.94. The standard InChI is InChI=1S/C25H29N5O3S/c1-32-21-11-9-19(10-12-21)23(18-7-8-18)26-22(31)17-34-25-28-27-24(29-13-15-33-16-14-29)30(25)20-5-3-2-4-6-20/h2-6,9-12,18,23H,7-8,13-17H2,1H3,(H,26,31). The van der Waals surface area contributed by atoms with Gasteiger partial charge in [-0.25, -0.2) is 0 Å². The lowest BCUT2D eigenvalue weighted by Gasteiger charge is -2.27. The van der Waals surface area contributed by atoms with Gasteiger partial charge in [-0.2, -0.15) is 0 Å². The highest BCUT2D eigenvalue weighted by atomic mass is 32.2. The summed E-state index contributed by atoms with van der Waals surface area (Å²) in [7, 11) is 1.66. The van der Waals surface area contributed by atoms with Crippen LogP contribution in [0.3, 0.4) is 0 Å². The lowest BCUT2D eigenvalue weighted by molar-refractivity contribution is -0.119. The van der Waals surface area contributed by atoms with Gasteiger partial charge in [0.15, 0.2) is 5.16 Å². The van der Waals surface area contributed by atoms with Gasteiger partial charge in [-0.05, 0) is 48.6 Å². The zero-order valence-electron chi connectivity index (χ0n) is 19.2. The van der Waals surface area contributed by atoms with Crippen LogP contribution in [0.15, 0.2) is 59.8 Å². The average Bonchev–Trinajstić information content (AvgIpc) is 3.65. The van der Waals surface area contributed by atoms with Gasteiger partial charge in [-0.3, -0.25) is 9.36 Å². The Morgan fingerprint density at radius 1 is 1.12 bits per heavy atom. The molecule has 0 spiro atoms. The minimum Gasteiger partial charge on any atom is -0.497 e. The van der Waals surface area contributed by atoms with Crippen molar-refractivity contribution in [2.45, 2.75) is 24.0 Å². The molecule has 2 heterocycles. The van der Waals surface area contributed by atoms with Crippen molar-refractivity contribution < 1.29 is 14.3 Å². The molecule has 0 radical (unpaired) electrons. The van der Waals surface area contributed by atoms with E-state index >= 15 is 0 Å². The van der Waals surface area contributed by atoms with Crippen LogP contribution in [0.4, 0.5) is 5.95 Å². The fraction of sp³-hybridized carbons (Fsp3) is 0.400. The third kappa shape index (κ3) is 5.20. The molecular weight excluding hydrogens is 450 g/mol. The zero-order chi connectivity index (χ0) is 23.3. The van der Waals surface area contributed by atoms with Gasteiger partial charge in [-0.15, -0.1) is 10.2 Å². The van der Waals surface area contributed by atoms with Gasteiger partial charge in [0.1, 0.15) is 5.75 Å². The van der Waals surface area contributed by atoms with E-state index in [1.54, 1.807) is 7.11 Å². The third-order valence-corrected chi connectivity index (χ3v) is 7.07. The van der Waals surface area contributed by atoms with E-state index in [0.717, 1.165) is 48.9 Å². The van der Waals surface area contributed by atoms with E-state index in [-0.39, 0.29) is 17.7 Å². The van der Waals surface area contributed by atoms with Crippen molar-refractivity contribution >= 4 is 23.6 Å². The van der Waals surface area contributed by atoms with Crippen molar-refractivity contribution in [3.63, 3.8) is 0 Å². The molecule has 5 rings (SSSR count). The number of anilines is 1. The van der Waals surface area contributed by atoms with Crippen LogP contribution in [0.5, 0.6) is 5.75 Å². The van der Waals surface area contributed by atoms with E-state index in [4.69, 9.17) is 9.47 Å². The fourth-order valence-electron chi connectivity index (χ4n) is 4.19. The summed E-state index contributed by atoms with van der Waals surface area (Å²) in [5.41, 5.74) is 2.09. The molecule has 1 aliphatic heterocycles. The van der Waals surface area contributed by atoms with Crippen molar-refractivity contribution in [2.75, 3.05) is 44.1 Å². The van der Waals surface area contributed by atoms with E-state index in [1.807, 2.05) is 59.2 Å². The average molecular weight is 480 g/mol. The molecule has 1 aliphatic carbocycles. The van der Waals surface area contributed by atoms with Crippen molar-refractivity contribution in [2.24, 2.45) is 5.92 Å². The van der Waals surface area contributed by atoms with Crippen LogP contribution in [0.25, 0.3) is 5.69 Å². The molecule has 1 atom stereocenters. The van der Waals surface area contributed by atoms with Crippen molar-refractivity contribution in [1.82, 2.24) is 20.1 Å². The first-order chi connectivity index (χ1) is 16.7. The number of ether oxygens (including phenoxy) is 2. The predicted molar refractivity (Wildman–Crippen MR) is 132 cm³/mol. The van der Waals surface area contributed by atoms with E-state index in [2.05, 4.69) is 20.4 Å². The van der Waals surface area contributed by atoms with Gasteiger partial charge < -0.3 is 19.7 Å². The molecule has 1 N–H and O–H groups in total. The molecule has 2 aliphatic rings. The Morgan fingerprint density at radius 3 is 2.53 bits per heavy atom. The second-order valence-electron chi connectivity index (χ2n) is 8.50. The van der Waals surface area contributed by atoms with Crippen LogP contribution < -0.4 is 15.0 Å². The molecule has 0 bridgehead atoms. The second-order valence-corrected chi connectivity index (χ2v) is 9.44. The molecule has 1 unspecified atom stereocenters. The van der Waals surface area contributed by atoms with Crippen molar-refractivity contribution in [1.29, 1.82) is 0 Å². The Hall–Kier alpha value is -3.04. The summed E-state index contributed by atoms with van der Waals surface area (Å²) in [5.74, 6) is 2.35. The van der Waals surface area contributed by atoms with Crippen molar-refractivity contribution in [3.05, 3.63) is 60.2 Å². The lowest BCUT2D eigenvalue weighted by Crippen LogP contribution is -2.37. The molecule has 2 aromatic carbocycles. The van der Waals surface area contributed by atoms with Gasteiger partial charge in [0.05, 0.1) is 37.8 Å². The Labute approximate surface area is 203 Å². The molecule has 1 saturated carbocycles. The number of amides is 1. The molecule has 9 heteroatoms. The van der Waals surface area contributed by atoms with E-state index in [9.17, 15) is 4.79 Å². The van der Waals surface area contributed by atoms with Gasteiger partial charge >= 0.3 is 0 Å². The number of carbonyl (C=O) groups is 1. The van der Waals surface area contributed by atoms with Crippen LogP contribution in [0.2, 0.25) is 0 Å². The highest BCUT2D eigenvalue weighted by molar-refractivity contribution is 7.99. The van der Waals surface area contributed by atoms with Gasteiger partial charge in [0.25, 0.3) is 0 Å². The smallest absolute Gasteiger partial charge is 0.232 e. The molecule has 1 aromatic heterocycles. The van der Waals surface area contributed by atoms with Crippen molar-refractivity contribution in [3.8, 4) is 11.4 Å². The summed E-state index contributed by atoms with van der Waals surface area (Å²) >= 11 is 1.41. The van der Waals surface area contributed by atoms with Crippen LogP contribution in [-0.2, 0) is 9.53 Å². The highest BCUT2D eigenvalue weighted by Gasteiger charge is 2.33. The molecule has 1 saturated heterocycles. The van der Waals surface area contributed by atoms with Crippen LogP contribution in [-0.4, -0.2) is 59.8 Å². The van der Waals surface area contributed by atoms with Crippen LogP contribution >= 0.6 is 11.8 Å². The molecule has 2 fully saturated rings. The number of hydrogen-bond acceptors (Lipinski definition) is 7. The van der Waals surface area contributed by atoms with E-state index in [0.29, 0.717) is 24.3 Å². The maximum absolute atomic E-state index is 13.0. The number of carbonyl (C=O) groups excluding carboxylic acids is 1. The number of thioether (sulfide) groups is 1. The molecule has 34 heavy (non-hydrogen) atoms. The molecule has 1 amide bonds. The number of morpholine rings is 1. The Balaban J connectivity index is 1.30. The first-order valence-corrected chi connectivity index (χ1v) is 12.6. The number of benzene rings is 2. The minimum absolute atomic E-state index is 0.00625. The second kappa shape index (κ2) is 10.5. The normalized spacial score (nSPS) is 16.8. The largest absolute Gasteiger partial charge is 0.497 e. The maximum Gasteiger partial charge on any atom is 0.232 e. The summed E-state index contributed by atoms with van der Waals surface area (Å²) in [6.45, 7) is 2.86. The maximum atomic E-state index is 13.0. The number of para-hydroxylation sites is 1. The highest BCUT2D eigenvalue weighted by Crippen LogP contribution is 2.41. The first-order valence-electron chi connectivity index (χ1n) is 11.6.